The second kappa shape index (κ2) is 7.42. The second-order valence-electron chi connectivity index (χ2n) is 5.79. The van der Waals surface area contributed by atoms with Crippen LogP contribution in [0.2, 0.25) is 5.02 Å². The first-order valence-corrected chi connectivity index (χ1v) is 8.36. The molecule has 0 saturated heterocycles. The lowest BCUT2D eigenvalue weighted by molar-refractivity contribution is 0.102. The summed E-state index contributed by atoms with van der Waals surface area (Å²) >= 11 is 6.27. The average molecular weight is 381 g/mol. The highest BCUT2D eigenvalue weighted by molar-refractivity contribution is 6.34. The van der Waals surface area contributed by atoms with Crippen molar-refractivity contribution in [3.8, 4) is 11.5 Å². The van der Waals surface area contributed by atoms with Crippen LogP contribution in [0.4, 0.5) is 11.4 Å². The number of rotatable bonds is 2. The number of carbonyl (C=O) groups excluding carboxylic acids is 1. The Balaban J connectivity index is 0.00000182. The Morgan fingerprint density at radius 2 is 1.92 bits per heavy atom. The number of hydrogen-bond acceptors (Lipinski definition) is 4. The van der Waals surface area contributed by atoms with E-state index in [0.29, 0.717) is 41.0 Å². The molecule has 132 valence electrons. The molecule has 0 spiro atoms. The van der Waals surface area contributed by atoms with Gasteiger partial charge in [-0.05, 0) is 30.5 Å². The van der Waals surface area contributed by atoms with Crippen molar-refractivity contribution in [3.05, 3.63) is 46.5 Å². The van der Waals surface area contributed by atoms with E-state index in [1.807, 2.05) is 18.2 Å². The van der Waals surface area contributed by atoms with Crippen LogP contribution in [-0.4, -0.2) is 25.7 Å². The summed E-state index contributed by atoms with van der Waals surface area (Å²) in [5.41, 5.74) is 3.27. The van der Waals surface area contributed by atoms with Gasteiger partial charge in [-0.15, -0.1) is 12.4 Å². The first kappa shape index (κ1) is 17.7. The van der Waals surface area contributed by atoms with Crippen molar-refractivity contribution in [1.82, 2.24) is 0 Å². The van der Waals surface area contributed by atoms with E-state index in [9.17, 15) is 4.79 Å². The highest BCUT2D eigenvalue weighted by Gasteiger charge is 2.20. The van der Waals surface area contributed by atoms with Gasteiger partial charge in [0.2, 0.25) is 0 Å². The zero-order chi connectivity index (χ0) is 16.5. The minimum atomic E-state index is -0.172. The van der Waals surface area contributed by atoms with Crippen LogP contribution in [0, 0.1) is 0 Å². The van der Waals surface area contributed by atoms with E-state index in [0.717, 1.165) is 30.6 Å². The van der Waals surface area contributed by atoms with Crippen LogP contribution in [0.5, 0.6) is 11.5 Å². The van der Waals surface area contributed by atoms with Crippen LogP contribution in [0.15, 0.2) is 30.3 Å². The Labute approximate surface area is 157 Å². The van der Waals surface area contributed by atoms with Gasteiger partial charge in [0.25, 0.3) is 5.91 Å². The van der Waals surface area contributed by atoms with Gasteiger partial charge in [0.15, 0.2) is 11.5 Å². The molecule has 7 heteroatoms. The predicted molar refractivity (Wildman–Crippen MR) is 101 cm³/mol. The van der Waals surface area contributed by atoms with Gasteiger partial charge in [0.1, 0.15) is 13.2 Å². The van der Waals surface area contributed by atoms with E-state index in [2.05, 4.69) is 10.6 Å². The lowest BCUT2D eigenvalue weighted by Crippen LogP contribution is -2.20. The molecule has 2 N–H and O–H groups in total. The van der Waals surface area contributed by atoms with Crippen molar-refractivity contribution in [2.75, 3.05) is 30.4 Å². The minimum absolute atomic E-state index is 0. The van der Waals surface area contributed by atoms with Gasteiger partial charge in [-0.3, -0.25) is 4.79 Å². The van der Waals surface area contributed by atoms with Crippen LogP contribution < -0.4 is 20.1 Å². The molecule has 0 fully saturated rings. The van der Waals surface area contributed by atoms with Crippen molar-refractivity contribution in [3.63, 3.8) is 0 Å². The molecule has 2 heterocycles. The molecule has 2 aromatic rings. The fraction of sp³-hybridized carbons (Fsp3) is 0.278. The molecular weight excluding hydrogens is 363 g/mol. The Hall–Kier alpha value is -2.11. The van der Waals surface area contributed by atoms with Crippen LogP contribution in [0.1, 0.15) is 22.3 Å². The minimum Gasteiger partial charge on any atom is -0.486 e. The number of halogens is 2. The number of carbonyl (C=O) groups is 1. The number of amides is 1. The van der Waals surface area contributed by atoms with E-state index in [4.69, 9.17) is 21.1 Å². The summed E-state index contributed by atoms with van der Waals surface area (Å²) in [5.74, 6) is 1.03. The molecule has 0 unspecified atom stereocenters. The van der Waals surface area contributed by atoms with Gasteiger partial charge in [-0.25, -0.2) is 0 Å². The number of fused-ring (bicyclic) bond motifs is 2. The number of benzene rings is 2. The SMILES string of the molecule is Cl.O=C(Nc1cc2c(cc1Cl)OCCO2)c1cccc2c1CCCN2. The first-order chi connectivity index (χ1) is 11.7. The van der Waals surface area contributed by atoms with Gasteiger partial charge >= 0.3 is 0 Å². The van der Waals surface area contributed by atoms with Crippen molar-refractivity contribution in [1.29, 1.82) is 0 Å². The second-order valence-corrected chi connectivity index (χ2v) is 6.20. The molecule has 1 amide bonds. The highest BCUT2D eigenvalue weighted by Crippen LogP contribution is 2.38. The first-order valence-electron chi connectivity index (χ1n) is 7.98. The molecular formula is C18H18Cl2N2O3. The summed E-state index contributed by atoms with van der Waals surface area (Å²) in [4.78, 5) is 12.7. The summed E-state index contributed by atoms with van der Waals surface area (Å²) in [6.45, 7) is 1.92. The van der Waals surface area contributed by atoms with Crippen LogP contribution in [0.3, 0.4) is 0 Å². The average Bonchev–Trinajstić information content (AvgIpc) is 2.62. The number of hydrogen-bond donors (Lipinski definition) is 2. The highest BCUT2D eigenvalue weighted by atomic mass is 35.5. The summed E-state index contributed by atoms with van der Waals surface area (Å²) in [6, 6.07) is 9.11. The van der Waals surface area contributed by atoms with E-state index in [-0.39, 0.29) is 18.3 Å². The van der Waals surface area contributed by atoms with Crippen LogP contribution in [0.25, 0.3) is 0 Å². The fourth-order valence-corrected chi connectivity index (χ4v) is 3.27. The van der Waals surface area contributed by atoms with Crippen LogP contribution in [-0.2, 0) is 6.42 Å². The summed E-state index contributed by atoms with van der Waals surface area (Å²) in [5, 5.41) is 6.65. The van der Waals surface area contributed by atoms with Crippen molar-refractivity contribution in [2.45, 2.75) is 12.8 Å². The smallest absolute Gasteiger partial charge is 0.256 e. The third-order valence-electron chi connectivity index (χ3n) is 4.22. The number of anilines is 2. The Morgan fingerprint density at radius 1 is 1.16 bits per heavy atom. The Kier molecular flexibility index (Phi) is 5.25. The largest absolute Gasteiger partial charge is 0.486 e. The van der Waals surface area contributed by atoms with Crippen LogP contribution >= 0.6 is 24.0 Å². The van der Waals surface area contributed by atoms with Gasteiger partial charge in [-0.2, -0.15) is 0 Å². The summed E-state index contributed by atoms with van der Waals surface area (Å²) < 4.78 is 11.0. The standard InChI is InChI=1S/C18H17ClN2O3.ClH/c19-13-9-16-17(24-8-7-23-16)10-15(13)21-18(22)12-3-1-5-14-11(12)4-2-6-20-14;/h1,3,5,9-10,20H,2,4,6-8H2,(H,21,22);1H. The van der Waals surface area contributed by atoms with Gasteiger partial charge in [0, 0.05) is 29.9 Å². The molecule has 25 heavy (non-hydrogen) atoms. The van der Waals surface area contributed by atoms with Crippen molar-refractivity contribution >= 4 is 41.3 Å². The van der Waals surface area contributed by atoms with E-state index in [1.54, 1.807) is 12.1 Å². The lowest BCUT2D eigenvalue weighted by Gasteiger charge is -2.22. The quantitative estimate of drug-likeness (QED) is 0.821. The van der Waals surface area contributed by atoms with Crippen molar-refractivity contribution < 1.29 is 14.3 Å². The Bertz CT molecular complexity index is 811. The maximum absolute atomic E-state index is 12.7. The molecule has 2 aliphatic rings. The normalized spacial score (nSPS) is 14.6. The molecule has 0 aliphatic carbocycles. The van der Waals surface area contributed by atoms with Crippen molar-refractivity contribution in [2.24, 2.45) is 0 Å². The third kappa shape index (κ3) is 3.48. The lowest BCUT2D eigenvalue weighted by atomic mass is 9.97. The predicted octanol–water partition coefficient (Wildman–Crippen LogP) is 4.14. The van der Waals surface area contributed by atoms with E-state index < -0.39 is 0 Å². The molecule has 4 rings (SSSR count). The zero-order valence-corrected chi connectivity index (χ0v) is 15.0. The molecule has 0 atom stereocenters. The maximum atomic E-state index is 12.7. The molecule has 0 aromatic heterocycles. The molecule has 2 aromatic carbocycles. The maximum Gasteiger partial charge on any atom is 0.256 e. The van der Waals surface area contributed by atoms with E-state index in [1.165, 1.54) is 0 Å². The topological polar surface area (TPSA) is 59.6 Å². The molecule has 0 radical (unpaired) electrons. The molecule has 5 nitrogen and oxygen atoms in total. The van der Waals surface area contributed by atoms with E-state index >= 15 is 0 Å². The monoisotopic (exact) mass is 380 g/mol. The van der Waals surface area contributed by atoms with Gasteiger partial charge in [-0.1, -0.05) is 17.7 Å². The molecule has 2 aliphatic heterocycles. The fourth-order valence-electron chi connectivity index (χ4n) is 3.07. The summed E-state index contributed by atoms with van der Waals surface area (Å²) in [7, 11) is 0. The van der Waals surface area contributed by atoms with Gasteiger partial charge in [0.05, 0.1) is 10.7 Å². The number of ether oxygens (including phenoxy) is 2. The summed E-state index contributed by atoms with van der Waals surface area (Å²) in [6.07, 6.45) is 1.91. The number of nitrogens with one attached hydrogen (secondary N) is 2. The Morgan fingerprint density at radius 3 is 2.72 bits per heavy atom. The third-order valence-corrected chi connectivity index (χ3v) is 4.53. The molecule has 0 saturated carbocycles. The molecule has 0 bridgehead atoms. The zero-order valence-electron chi connectivity index (χ0n) is 13.4. The van der Waals surface area contributed by atoms with Gasteiger partial charge < -0.3 is 20.1 Å².